The molecule has 0 aliphatic rings. The van der Waals surface area contributed by atoms with Crippen LogP contribution in [-0.2, 0) is 0 Å². The van der Waals surface area contributed by atoms with Gasteiger partial charge in [-0.25, -0.2) is 5.43 Å². The largest absolute Gasteiger partial charge is 0.378 e. The van der Waals surface area contributed by atoms with Crippen LogP contribution >= 0.6 is 0 Å². The van der Waals surface area contributed by atoms with E-state index in [2.05, 4.69) is 15.5 Å². The fourth-order valence-electron chi connectivity index (χ4n) is 2.45. The molecule has 130 valence electrons. The first kappa shape index (κ1) is 17.4. The first-order valence-corrected chi connectivity index (χ1v) is 8.27. The highest BCUT2D eigenvalue weighted by Gasteiger charge is 2.10. The molecule has 1 N–H and O–H groups in total. The Bertz CT molecular complexity index is 847. The van der Waals surface area contributed by atoms with E-state index in [4.69, 9.17) is 0 Å². The van der Waals surface area contributed by atoms with Gasteiger partial charge in [-0.2, -0.15) is 5.10 Å². The van der Waals surface area contributed by atoms with E-state index >= 15 is 0 Å². The molecule has 1 aromatic heterocycles. The van der Waals surface area contributed by atoms with Crippen molar-refractivity contribution in [2.75, 3.05) is 19.0 Å². The highest BCUT2D eigenvalue weighted by molar-refractivity contribution is 6.12. The lowest BCUT2D eigenvalue weighted by Crippen LogP contribution is -2.21. The standard InChI is InChI=1S/C21H20N4O/c1-25(2)18-13-11-17(12-14-18)21(26)24-23-20(16-8-4-3-5-9-16)19-10-6-7-15-22-19/h3-15H,1-2H3,(H,24,26)/b23-20+. The van der Waals surface area contributed by atoms with Gasteiger partial charge in [0.15, 0.2) is 0 Å². The summed E-state index contributed by atoms with van der Waals surface area (Å²) in [6.45, 7) is 0. The van der Waals surface area contributed by atoms with Crippen molar-refractivity contribution in [2.24, 2.45) is 5.10 Å². The zero-order valence-electron chi connectivity index (χ0n) is 14.8. The van der Waals surface area contributed by atoms with Crippen molar-refractivity contribution >= 4 is 17.3 Å². The second kappa shape index (κ2) is 8.07. The molecule has 0 spiro atoms. The Hall–Kier alpha value is -3.47. The van der Waals surface area contributed by atoms with E-state index in [1.54, 1.807) is 18.3 Å². The summed E-state index contributed by atoms with van der Waals surface area (Å²) in [4.78, 5) is 18.8. The minimum Gasteiger partial charge on any atom is -0.378 e. The fourth-order valence-corrected chi connectivity index (χ4v) is 2.45. The zero-order chi connectivity index (χ0) is 18.4. The van der Waals surface area contributed by atoms with Gasteiger partial charge in [-0.1, -0.05) is 36.4 Å². The second-order valence-electron chi connectivity index (χ2n) is 5.92. The molecule has 3 aromatic rings. The highest BCUT2D eigenvalue weighted by Crippen LogP contribution is 2.12. The molecule has 0 atom stereocenters. The van der Waals surface area contributed by atoms with Gasteiger partial charge in [0, 0.05) is 37.1 Å². The van der Waals surface area contributed by atoms with Gasteiger partial charge in [0.1, 0.15) is 5.71 Å². The van der Waals surface area contributed by atoms with Crippen LogP contribution in [0, 0.1) is 0 Å². The van der Waals surface area contributed by atoms with Gasteiger partial charge >= 0.3 is 0 Å². The first-order chi connectivity index (χ1) is 12.6. The summed E-state index contributed by atoms with van der Waals surface area (Å²) in [6.07, 6.45) is 1.70. The first-order valence-electron chi connectivity index (χ1n) is 8.27. The Morgan fingerprint density at radius 3 is 2.19 bits per heavy atom. The molecule has 0 bridgehead atoms. The number of amides is 1. The summed E-state index contributed by atoms with van der Waals surface area (Å²) in [5.74, 6) is -0.264. The summed E-state index contributed by atoms with van der Waals surface area (Å²) in [7, 11) is 3.91. The molecular formula is C21H20N4O. The van der Waals surface area contributed by atoms with Gasteiger partial charge in [0.25, 0.3) is 5.91 Å². The molecule has 5 nitrogen and oxygen atoms in total. The number of nitrogens with one attached hydrogen (secondary N) is 1. The summed E-state index contributed by atoms with van der Waals surface area (Å²) in [6, 6.07) is 22.6. The SMILES string of the molecule is CN(C)c1ccc(C(=O)N/N=C(\c2ccccc2)c2ccccn2)cc1. The van der Waals surface area contributed by atoms with Crippen molar-refractivity contribution in [2.45, 2.75) is 0 Å². The minimum absolute atomic E-state index is 0.264. The van der Waals surface area contributed by atoms with E-state index in [0.29, 0.717) is 17.0 Å². The van der Waals surface area contributed by atoms with Crippen LogP contribution < -0.4 is 10.3 Å². The molecule has 0 radical (unpaired) electrons. The topological polar surface area (TPSA) is 57.6 Å². The Morgan fingerprint density at radius 1 is 0.885 bits per heavy atom. The molecule has 0 saturated heterocycles. The Morgan fingerprint density at radius 2 is 1.58 bits per heavy atom. The van der Waals surface area contributed by atoms with E-state index in [-0.39, 0.29) is 5.91 Å². The molecule has 0 aliphatic heterocycles. The van der Waals surface area contributed by atoms with Crippen LogP contribution in [0.4, 0.5) is 5.69 Å². The average molecular weight is 344 g/mol. The molecule has 1 amide bonds. The van der Waals surface area contributed by atoms with Gasteiger partial charge in [-0.3, -0.25) is 9.78 Å². The zero-order valence-corrected chi connectivity index (χ0v) is 14.8. The number of nitrogens with zero attached hydrogens (tertiary/aromatic N) is 3. The fraction of sp³-hybridized carbons (Fsp3) is 0.0952. The van der Waals surface area contributed by atoms with Crippen molar-refractivity contribution < 1.29 is 4.79 Å². The van der Waals surface area contributed by atoms with E-state index in [0.717, 1.165) is 11.3 Å². The highest BCUT2D eigenvalue weighted by atomic mass is 16.2. The van der Waals surface area contributed by atoms with E-state index in [1.807, 2.05) is 79.7 Å². The number of hydrazone groups is 1. The van der Waals surface area contributed by atoms with E-state index < -0.39 is 0 Å². The van der Waals surface area contributed by atoms with Crippen LogP contribution in [0.2, 0.25) is 0 Å². The lowest BCUT2D eigenvalue weighted by molar-refractivity contribution is 0.0955. The number of hydrogen-bond acceptors (Lipinski definition) is 4. The maximum Gasteiger partial charge on any atom is 0.271 e. The summed E-state index contributed by atoms with van der Waals surface area (Å²) in [5, 5.41) is 4.34. The van der Waals surface area contributed by atoms with Crippen LogP contribution in [0.3, 0.4) is 0 Å². The lowest BCUT2D eigenvalue weighted by atomic mass is 10.1. The number of carbonyl (C=O) groups is 1. The maximum atomic E-state index is 12.4. The van der Waals surface area contributed by atoms with Crippen LogP contribution in [0.5, 0.6) is 0 Å². The monoisotopic (exact) mass is 344 g/mol. The predicted octanol–water partition coefficient (Wildman–Crippen LogP) is 3.33. The van der Waals surface area contributed by atoms with Gasteiger partial charge < -0.3 is 4.90 Å². The maximum absolute atomic E-state index is 12.4. The van der Waals surface area contributed by atoms with Crippen molar-refractivity contribution in [3.63, 3.8) is 0 Å². The third kappa shape index (κ3) is 4.13. The third-order valence-electron chi connectivity index (χ3n) is 3.87. The predicted molar refractivity (Wildman–Crippen MR) is 105 cm³/mol. The summed E-state index contributed by atoms with van der Waals surface area (Å²) in [5.41, 5.74) is 6.42. The smallest absolute Gasteiger partial charge is 0.271 e. The number of hydrogen-bond donors (Lipinski definition) is 1. The number of aromatic nitrogens is 1. The van der Waals surface area contributed by atoms with Crippen LogP contribution in [0.1, 0.15) is 21.6 Å². The van der Waals surface area contributed by atoms with Crippen molar-refractivity contribution in [3.05, 3.63) is 95.8 Å². The van der Waals surface area contributed by atoms with E-state index in [1.165, 1.54) is 0 Å². The Kier molecular flexibility index (Phi) is 5.39. The van der Waals surface area contributed by atoms with Crippen molar-refractivity contribution in [1.82, 2.24) is 10.4 Å². The molecule has 0 aliphatic carbocycles. The van der Waals surface area contributed by atoms with Crippen LogP contribution in [0.15, 0.2) is 84.1 Å². The molecular weight excluding hydrogens is 324 g/mol. The van der Waals surface area contributed by atoms with E-state index in [9.17, 15) is 4.79 Å². The molecule has 5 heteroatoms. The molecule has 0 saturated carbocycles. The Labute approximate surface area is 153 Å². The minimum atomic E-state index is -0.264. The molecule has 0 fully saturated rings. The molecule has 2 aromatic carbocycles. The lowest BCUT2D eigenvalue weighted by Gasteiger charge is -2.12. The molecule has 1 heterocycles. The quantitative estimate of drug-likeness (QED) is 0.570. The van der Waals surface area contributed by atoms with Crippen molar-refractivity contribution in [3.8, 4) is 0 Å². The average Bonchev–Trinajstić information content (AvgIpc) is 2.69. The number of carbonyl (C=O) groups excluding carboxylic acids is 1. The number of pyridine rings is 1. The second-order valence-corrected chi connectivity index (χ2v) is 5.92. The summed E-state index contributed by atoms with van der Waals surface area (Å²) >= 11 is 0. The van der Waals surface area contributed by atoms with Crippen LogP contribution in [0.25, 0.3) is 0 Å². The molecule has 3 rings (SSSR count). The summed E-state index contributed by atoms with van der Waals surface area (Å²) < 4.78 is 0. The Balaban J connectivity index is 1.85. The van der Waals surface area contributed by atoms with Gasteiger partial charge in [-0.15, -0.1) is 0 Å². The van der Waals surface area contributed by atoms with Gasteiger partial charge in [0.2, 0.25) is 0 Å². The number of benzene rings is 2. The third-order valence-corrected chi connectivity index (χ3v) is 3.87. The van der Waals surface area contributed by atoms with Crippen molar-refractivity contribution in [1.29, 1.82) is 0 Å². The molecule has 26 heavy (non-hydrogen) atoms. The van der Waals surface area contributed by atoms with Crippen LogP contribution in [-0.4, -0.2) is 30.7 Å². The van der Waals surface area contributed by atoms with Gasteiger partial charge in [-0.05, 0) is 36.4 Å². The normalized spacial score (nSPS) is 11.1. The number of anilines is 1. The molecule has 0 unspecified atom stereocenters. The number of rotatable bonds is 5. The van der Waals surface area contributed by atoms with Gasteiger partial charge in [0.05, 0.1) is 5.69 Å².